The van der Waals surface area contributed by atoms with Crippen LogP contribution in [0.1, 0.15) is 24.0 Å². The van der Waals surface area contributed by atoms with Crippen molar-refractivity contribution >= 4 is 5.78 Å². The standard InChI is InChI=1S/C27H36N2O3/c1-31-17-9-15-28-19-26(23-11-5-3-6-12-23)21-29(16-10-18-32-2)22-27(20-28,25(26)30)24-13-7-4-8-14-24/h3-8,11-14H,9-10,15-22H2,1-2H3. The number of rotatable bonds is 10. The lowest BCUT2D eigenvalue weighted by Gasteiger charge is -2.58. The summed E-state index contributed by atoms with van der Waals surface area (Å²) in [6.45, 7) is 6.39. The zero-order valence-corrected chi connectivity index (χ0v) is 19.5. The molecular formula is C27H36N2O3. The fourth-order valence-corrected chi connectivity index (χ4v) is 5.81. The van der Waals surface area contributed by atoms with Crippen LogP contribution in [0.4, 0.5) is 0 Å². The predicted octanol–water partition coefficient (Wildman–Crippen LogP) is 3.14. The quantitative estimate of drug-likeness (QED) is 0.536. The molecule has 2 aromatic rings. The van der Waals surface area contributed by atoms with E-state index in [0.717, 1.165) is 76.5 Å². The topological polar surface area (TPSA) is 42.0 Å². The van der Waals surface area contributed by atoms with E-state index >= 15 is 0 Å². The molecule has 2 aliphatic rings. The fourth-order valence-electron chi connectivity index (χ4n) is 5.81. The molecule has 0 unspecified atom stereocenters. The van der Waals surface area contributed by atoms with Crippen LogP contribution in [-0.2, 0) is 25.1 Å². The summed E-state index contributed by atoms with van der Waals surface area (Å²) in [7, 11) is 3.51. The lowest BCUT2D eigenvalue weighted by molar-refractivity contribution is -0.144. The molecule has 5 heteroatoms. The second kappa shape index (κ2) is 10.3. The Morgan fingerprint density at radius 1 is 0.688 bits per heavy atom. The Hall–Kier alpha value is -2.05. The Labute approximate surface area is 192 Å². The van der Waals surface area contributed by atoms with Gasteiger partial charge >= 0.3 is 0 Å². The molecule has 5 nitrogen and oxygen atoms in total. The first-order valence-corrected chi connectivity index (χ1v) is 11.7. The van der Waals surface area contributed by atoms with Crippen molar-refractivity contribution in [2.75, 3.05) is 66.7 Å². The molecule has 0 aromatic heterocycles. The Morgan fingerprint density at radius 3 is 1.41 bits per heavy atom. The SMILES string of the molecule is COCCCN1CC2(c3ccccc3)CN(CCCOC)CC(c3ccccc3)(C1)C2=O. The van der Waals surface area contributed by atoms with Crippen LogP contribution < -0.4 is 0 Å². The number of Topliss-reactive ketones (excluding diaryl/α,β-unsaturated/α-hetero) is 1. The number of piperidine rings is 2. The normalized spacial score (nSPS) is 26.4. The number of likely N-dealkylation sites (tertiary alicyclic amines) is 2. The number of carbonyl (C=O) groups excluding carboxylic acids is 1. The van der Waals surface area contributed by atoms with Gasteiger partial charge in [0.05, 0.1) is 10.8 Å². The van der Waals surface area contributed by atoms with Crippen LogP contribution in [0.25, 0.3) is 0 Å². The Kier molecular flexibility index (Phi) is 7.41. The number of methoxy groups -OCH3 is 2. The lowest BCUT2D eigenvalue weighted by atomic mass is 9.57. The molecule has 2 saturated heterocycles. The maximum atomic E-state index is 14.5. The van der Waals surface area contributed by atoms with Gasteiger partial charge in [-0.2, -0.15) is 0 Å². The van der Waals surface area contributed by atoms with E-state index in [0.29, 0.717) is 5.78 Å². The van der Waals surface area contributed by atoms with Crippen molar-refractivity contribution in [2.24, 2.45) is 0 Å². The molecular weight excluding hydrogens is 400 g/mol. The van der Waals surface area contributed by atoms with E-state index in [9.17, 15) is 4.79 Å². The number of fused-ring (bicyclic) bond motifs is 2. The third-order valence-electron chi connectivity index (χ3n) is 7.14. The third kappa shape index (κ3) is 4.40. The number of ketones is 1. The minimum atomic E-state index is -0.534. The molecule has 32 heavy (non-hydrogen) atoms. The number of ether oxygens (including phenoxy) is 2. The molecule has 2 heterocycles. The van der Waals surface area contributed by atoms with E-state index in [1.54, 1.807) is 14.2 Å². The Bertz CT molecular complexity index is 787. The molecule has 0 amide bonds. The number of nitrogens with zero attached hydrogens (tertiary/aromatic N) is 2. The molecule has 2 aliphatic heterocycles. The molecule has 0 atom stereocenters. The second-order valence-corrected chi connectivity index (χ2v) is 9.34. The predicted molar refractivity (Wildman–Crippen MR) is 127 cm³/mol. The Balaban J connectivity index is 1.78. The number of benzene rings is 2. The van der Waals surface area contributed by atoms with Gasteiger partial charge in [0.1, 0.15) is 0 Å². The molecule has 0 aliphatic carbocycles. The summed E-state index contributed by atoms with van der Waals surface area (Å²) in [5.74, 6) is 0.383. The average molecular weight is 437 g/mol. The van der Waals surface area contributed by atoms with Crippen molar-refractivity contribution in [1.82, 2.24) is 9.80 Å². The molecule has 172 valence electrons. The number of hydrogen-bond donors (Lipinski definition) is 0. The first kappa shape index (κ1) is 23.1. The summed E-state index contributed by atoms with van der Waals surface area (Å²) in [4.78, 5) is 19.5. The van der Waals surface area contributed by atoms with Gasteiger partial charge in [-0.1, -0.05) is 60.7 Å². The third-order valence-corrected chi connectivity index (χ3v) is 7.14. The highest BCUT2D eigenvalue weighted by molar-refractivity contribution is 6.01. The van der Waals surface area contributed by atoms with Gasteiger partial charge in [-0.05, 0) is 24.0 Å². The first-order valence-electron chi connectivity index (χ1n) is 11.7. The van der Waals surface area contributed by atoms with Gasteiger partial charge in [0.25, 0.3) is 0 Å². The zero-order valence-electron chi connectivity index (χ0n) is 19.5. The van der Waals surface area contributed by atoms with Crippen molar-refractivity contribution in [1.29, 1.82) is 0 Å². The fraction of sp³-hybridized carbons (Fsp3) is 0.519. The summed E-state index contributed by atoms with van der Waals surface area (Å²) in [5.41, 5.74) is 1.21. The van der Waals surface area contributed by atoms with Crippen LogP contribution in [0.5, 0.6) is 0 Å². The highest BCUT2D eigenvalue weighted by Gasteiger charge is 2.61. The van der Waals surface area contributed by atoms with Crippen LogP contribution in [0.2, 0.25) is 0 Å². The van der Waals surface area contributed by atoms with Crippen molar-refractivity contribution in [3.05, 3.63) is 71.8 Å². The molecule has 0 spiro atoms. The highest BCUT2D eigenvalue weighted by Crippen LogP contribution is 2.46. The number of carbonyl (C=O) groups is 1. The lowest BCUT2D eigenvalue weighted by Crippen LogP contribution is -2.73. The summed E-state index contributed by atoms with van der Waals surface area (Å²) < 4.78 is 10.7. The maximum absolute atomic E-state index is 14.5. The van der Waals surface area contributed by atoms with Gasteiger partial charge < -0.3 is 19.3 Å². The van der Waals surface area contributed by atoms with Crippen LogP contribution in [0.3, 0.4) is 0 Å². The van der Waals surface area contributed by atoms with Gasteiger partial charge in [0.2, 0.25) is 0 Å². The summed E-state index contributed by atoms with van der Waals surface area (Å²) in [6, 6.07) is 20.9. The zero-order chi connectivity index (χ0) is 22.4. The summed E-state index contributed by atoms with van der Waals surface area (Å²) in [6.07, 6.45) is 1.94. The summed E-state index contributed by atoms with van der Waals surface area (Å²) in [5, 5.41) is 0. The van der Waals surface area contributed by atoms with E-state index in [1.165, 1.54) is 0 Å². The maximum Gasteiger partial charge on any atom is 0.159 e. The van der Waals surface area contributed by atoms with Crippen molar-refractivity contribution in [2.45, 2.75) is 23.7 Å². The molecule has 2 bridgehead atoms. The van der Waals surface area contributed by atoms with Gasteiger partial charge in [-0.15, -0.1) is 0 Å². The van der Waals surface area contributed by atoms with Gasteiger partial charge in [0.15, 0.2) is 5.78 Å². The second-order valence-electron chi connectivity index (χ2n) is 9.34. The monoisotopic (exact) mass is 436 g/mol. The smallest absolute Gasteiger partial charge is 0.159 e. The first-order chi connectivity index (χ1) is 15.6. The van der Waals surface area contributed by atoms with E-state index in [-0.39, 0.29) is 0 Å². The van der Waals surface area contributed by atoms with Gasteiger partial charge in [-0.25, -0.2) is 0 Å². The van der Waals surface area contributed by atoms with Gasteiger partial charge in [-0.3, -0.25) is 4.79 Å². The Morgan fingerprint density at radius 2 is 1.06 bits per heavy atom. The van der Waals surface area contributed by atoms with Crippen molar-refractivity contribution in [3.8, 4) is 0 Å². The van der Waals surface area contributed by atoms with E-state index < -0.39 is 10.8 Å². The van der Waals surface area contributed by atoms with Gasteiger partial charge in [0, 0.05) is 66.7 Å². The molecule has 0 radical (unpaired) electrons. The average Bonchev–Trinajstić information content (AvgIpc) is 2.82. The van der Waals surface area contributed by atoms with Crippen LogP contribution in [0, 0.1) is 0 Å². The minimum absolute atomic E-state index is 0.383. The molecule has 4 rings (SSSR count). The van der Waals surface area contributed by atoms with Crippen LogP contribution in [-0.4, -0.2) is 82.3 Å². The largest absolute Gasteiger partial charge is 0.385 e. The number of hydrogen-bond acceptors (Lipinski definition) is 5. The molecule has 2 fully saturated rings. The van der Waals surface area contributed by atoms with E-state index in [1.807, 2.05) is 12.1 Å². The highest BCUT2D eigenvalue weighted by atomic mass is 16.5. The van der Waals surface area contributed by atoms with Crippen LogP contribution in [0.15, 0.2) is 60.7 Å². The summed E-state index contributed by atoms with van der Waals surface area (Å²) >= 11 is 0. The molecule has 0 N–H and O–H groups in total. The molecule has 2 aromatic carbocycles. The molecule has 0 saturated carbocycles. The van der Waals surface area contributed by atoms with Crippen molar-refractivity contribution in [3.63, 3.8) is 0 Å². The van der Waals surface area contributed by atoms with Crippen molar-refractivity contribution < 1.29 is 14.3 Å². The van der Waals surface area contributed by atoms with E-state index in [2.05, 4.69) is 58.3 Å². The van der Waals surface area contributed by atoms with E-state index in [4.69, 9.17) is 9.47 Å². The van der Waals surface area contributed by atoms with Crippen LogP contribution >= 0.6 is 0 Å². The minimum Gasteiger partial charge on any atom is -0.385 e.